The fraction of sp³-hybridized carbons (Fsp3) is 0.875. The number of piperazine rings is 1. The molecule has 3 aliphatic rings. The van der Waals surface area contributed by atoms with Crippen LogP contribution in [0.15, 0.2) is 0 Å². The molecule has 4 heteroatoms. The van der Waals surface area contributed by atoms with Gasteiger partial charge in [-0.25, -0.2) is 0 Å². The van der Waals surface area contributed by atoms with Crippen molar-refractivity contribution in [2.75, 3.05) is 6.54 Å². The molecule has 2 amide bonds. The minimum atomic E-state index is -0.637. The van der Waals surface area contributed by atoms with Crippen molar-refractivity contribution in [3.8, 4) is 0 Å². The number of carbonyl (C=O) groups excluding carboxylic acids is 2. The number of nitrogens with zero attached hydrogens (tertiary/aromatic N) is 1. The second-order valence-corrected chi connectivity index (χ2v) is 7.85. The summed E-state index contributed by atoms with van der Waals surface area (Å²) in [5.74, 6) is 0.523. The Hall–Kier alpha value is -1.06. The van der Waals surface area contributed by atoms with Gasteiger partial charge in [0.2, 0.25) is 11.8 Å². The van der Waals surface area contributed by atoms with E-state index in [2.05, 4.69) is 19.2 Å². The van der Waals surface area contributed by atoms with Crippen LogP contribution in [0.1, 0.15) is 59.3 Å². The van der Waals surface area contributed by atoms with Crippen LogP contribution in [0, 0.1) is 11.3 Å². The van der Waals surface area contributed by atoms with Gasteiger partial charge < -0.3 is 10.2 Å². The second-order valence-electron chi connectivity index (χ2n) is 7.85. The lowest BCUT2D eigenvalue weighted by atomic mass is 9.74. The number of amides is 2. The standard InChI is InChI=1S/C16H26N2O2/c1-15(2)8-6-12(7-9-15)18-10-13(19)17-16(3,14(18)20)11-4-5-11/h11-12H,4-10H2,1-3H3,(H,17,19). The van der Waals surface area contributed by atoms with Gasteiger partial charge >= 0.3 is 0 Å². The molecule has 4 nitrogen and oxygen atoms in total. The van der Waals surface area contributed by atoms with E-state index in [9.17, 15) is 9.59 Å². The first-order valence-electron chi connectivity index (χ1n) is 7.94. The Balaban J connectivity index is 1.75. The fourth-order valence-electron chi connectivity index (χ4n) is 3.84. The number of nitrogens with one attached hydrogen (secondary N) is 1. The Morgan fingerprint density at radius 1 is 1.05 bits per heavy atom. The van der Waals surface area contributed by atoms with Crippen LogP contribution in [0.5, 0.6) is 0 Å². The summed E-state index contributed by atoms with van der Waals surface area (Å²) in [6.45, 7) is 6.76. The Morgan fingerprint density at radius 3 is 2.20 bits per heavy atom. The summed E-state index contributed by atoms with van der Waals surface area (Å²) in [4.78, 5) is 26.8. The molecule has 1 saturated heterocycles. The average Bonchev–Trinajstić information content (AvgIpc) is 3.18. The van der Waals surface area contributed by atoms with Crippen molar-refractivity contribution in [3.63, 3.8) is 0 Å². The van der Waals surface area contributed by atoms with Crippen LogP contribution in [-0.2, 0) is 9.59 Å². The van der Waals surface area contributed by atoms with Crippen LogP contribution in [-0.4, -0.2) is 34.8 Å². The summed E-state index contributed by atoms with van der Waals surface area (Å²) < 4.78 is 0. The van der Waals surface area contributed by atoms with Crippen molar-refractivity contribution < 1.29 is 9.59 Å². The topological polar surface area (TPSA) is 49.4 Å². The Bertz CT molecular complexity index is 432. The van der Waals surface area contributed by atoms with Crippen LogP contribution in [0.4, 0.5) is 0 Å². The molecule has 0 aromatic heterocycles. The van der Waals surface area contributed by atoms with E-state index in [-0.39, 0.29) is 24.4 Å². The summed E-state index contributed by atoms with van der Waals surface area (Å²) in [5, 5.41) is 2.96. The lowest BCUT2D eigenvalue weighted by Gasteiger charge is -2.46. The van der Waals surface area contributed by atoms with Gasteiger partial charge in [0.25, 0.3) is 0 Å². The smallest absolute Gasteiger partial charge is 0.249 e. The molecule has 1 unspecified atom stereocenters. The number of rotatable bonds is 2. The van der Waals surface area contributed by atoms with Gasteiger partial charge in [-0.05, 0) is 56.8 Å². The van der Waals surface area contributed by atoms with E-state index in [4.69, 9.17) is 0 Å². The summed E-state index contributed by atoms with van der Waals surface area (Å²) in [5.41, 5.74) is -0.250. The van der Waals surface area contributed by atoms with E-state index in [1.54, 1.807) is 0 Å². The maximum atomic E-state index is 12.8. The zero-order valence-corrected chi connectivity index (χ0v) is 12.9. The van der Waals surface area contributed by atoms with Crippen molar-refractivity contribution in [1.82, 2.24) is 10.2 Å². The molecule has 1 atom stereocenters. The molecule has 0 bridgehead atoms. The first-order chi connectivity index (χ1) is 9.32. The summed E-state index contributed by atoms with van der Waals surface area (Å²) in [6, 6.07) is 0.264. The third-order valence-electron chi connectivity index (χ3n) is 5.56. The molecule has 1 N–H and O–H groups in total. The summed E-state index contributed by atoms with van der Waals surface area (Å²) in [6.07, 6.45) is 6.48. The maximum Gasteiger partial charge on any atom is 0.249 e. The SMILES string of the molecule is CC1(C)CCC(N2CC(=O)NC(C)(C3CC3)C2=O)CC1. The summed E-state index contributed by atoms with van der Waals surface area (Å²) in [7, 11) is 0. The van der Waals surface area contributed by atoms with Crippen molar-refractivity contribution in [2.24, 2.45) is 11.3 Å². The minimum Gasteiger partial charge on any atom is -0.340 e. The number of carbonyl (C=O) groups is 2. The molecule has 0 radical (unpaired) electrons. The molecule has 0 aromatic carbocycles. The van der Waals surface area contributed by atoms with Gasteiger partial charge in [-0.15, -0.1) is 0 Å². The van der Waals surface area contributed by atoms with Crippen LogP contribution >= 0.6 is 0 Å². The van der Waals surface area contributed by atoms with Gasteiger partial charge in [0.1, 0.15) is 5.54 Å². The first-order valence-corrected chi connectivity index (χ1v) is 7.94. The highest BCUT2D eigenvalue weighted by atomic mass is 16.2. The van der Waals surface area contributed by atoms with E-state index in [0.717, 1.165) is 38.5 Å². The van der Waals surface area contributed by atoms with Crippen molar-refractivity contribution >= 4 is 11.8 Å². The van der Waals surface area contributed by atoms with Crippen LogP contribution in [0.25, 0.3) is 0 Å². The molecule has 112 valence electrons. The maximum absolute atomic E-state index is 12.8. The average molecular weight is 278 g/mol. The largest absolute Gasteiger partial charge is 0.340 e. The molecular formula is C16H26N2O2. The van der Waals surface area contributed by atoms with Gasteiger partial charge in [0, 0.05) is 6.04 Å². The number of hydrogen-bond donors (Lipinski definition) is 1. The lowest BCUT2D eigenvalue weighted by molar-refractivity contribution is -0.153. The van der Waals surface area contributed by atoms with Gasteiger partial charge in [-0.3, -0.25) is 9.59 Å². The molecule has 1 heterocycles. The predicted octanol–water partition coefficient (Wildman–Crippen LogP) is 2.08. The monoisotopic (exact) mass is 278 g/mol. The van der Waals surface area contributed by atoms with E-state index < -0.39 is 5.54 Å². The zero-order valence-electron chi connectivity index (χ0n) is 12.9. The fourth-order valence-corrected chi connectivity index (χ4v) is 3.84. The number of hydrogen-bond acceptors (Lipinski definition) is 2. The highest BCUT2D eigenvalue weighted by Crippen LogP contribution is 2.43. The normalized spacial score (nSPS) is 35.0. The zero-order chi connectivity index (χ0) is 14.5. The van der Waals surface area contributed by atoms with E-state index >= 15 is 0 Å². The van der Waals surface area contributed by atoms with Crippen molar-refractivity contribution in [2.45, 2.75) is 70.9 Å². The molecule has 0 spiro atoms. The van der Waals surface area contributed by atoms with E-state index in [1.807, 2.05) is 11.8 Å². The van der Waals surface area contributed by atoms with Gasteiger partial charge in [0.15, 0.2) is 0 Å². The Labute approximate surface area is 121 Å². The molecule has 2 saturated carbocycles. The van der Waals surface area contributed by atoms with Gasteiger partial charge in [-0.2, -0.15) is 0 Å². The highest BCUT2D eigenvalue weighted by Gasteiger charge is 2.53. The van der Waals surface area contributed by atoms with E-state index in [0.29, 0.717) is 11.3 Å². The van der Waals surface area contributed by atoms with E-state index in [1.165, 1.54) is 0 Å². The summed E-state index contributed by atoms with van der Waals surface area (Å²) >= 11 is 0. The molecule has 3 rings (SSSR count). The third-order valence-corrected chi connectivity index (χ3v) is 5.56. The van der Waals surface area contributed by atoms with Crippen LogP contribution in [0.3, 0.4) is 0 Å². The van der Waals surface area contributed by atoms with Gasteiger partial charge in [0.05, 0.1) is 6.54 Å². The van der Waals surface area contributed by atoms with Crippen LogP contribution < -0.4 is 5.32 Å². The first kappa shape index (κ1) is 13.9. The Morgan fingerprint density at radius 2 is 1.65 bits per heavy atom. The van der Waals surface area contributed by atoms with Gasteiger partial charge in [-0.1, -0.05) is 13.8 Å². The molecule has 2 aliphatic carbocycles. The quantitative estimate of drug-likeness (QED) is 0.841. The van der Waals surface area contributed by atoms with Crippen molar-refractivity contribution in [1.29, 1.82) is 0 Å². The second kappa shape index (κ2) is 4.47. The molecule has 3 fully saturated rings. The third kappa shape index (κ3) is 2.33. The molecular weight excluding hydrogens is 252 g/mol. The lowest BCUT2D eigenvalue weighted by Crippen LogP contribution is -2.68. The predicted molar refractivity (Wildman–Crippen MR) is 77.0 cm³/mol. The molecule has 1 aliphatic heterocycles. The molecule has 20 heavy (non-hydrogen) atoms. The van der Waals surface area contributed by atoms with Crippen molar-refractivity contribution in [3.05, 3.63) is 0 Å². The molecule has 0 aromatic rings. The Kier molecular flexibility index (Phi) is 3.11. The van der Waals surface area contributed by atoms with Crippen LogP contribution in [0.2, 0.25) is 0 Å². The minimum absolute atomic E-state index is 0.0174. The highest BCUT2D eigenvalue weighted by molar-refractivity contribution is 5.98.